The first-order valence-corrected chi connectivity index (χ1v) is 8.50. The van der Waals surface area contributed by atoms with Crippen LogP contribution in [0, 0.1) is 0 Å². The number of hydrogen-bond donors (Lipinski definition) is 2. The number of ether oxygens (including phenoxy) is 1. The minimum Gasteiger partial charge on any atom is -0.378 e. The Balaban J connectivity index is 1.63. The number of rotatable bonds is 6. The Bertz CT molecular complexity index is 585. The van der Waals surface area contributed by atoms with Crippen molar-refractivity contribution in [3.8, 4) is 0 Å². The first-order valence-electron chi connectivity index (χ1n) is 8.50. The summed E-state index contributed by atoms with van der Waals surface area (Å²) < 4.78 is 5.40. The van der Waals surface area contributed by atoms with Crippen molar-refractivity contribution in [3.63, 3.8) is 0 Å². The summed E-state index contributed by atoms with van der Waals surface area (Å²) in [5.74, 6) is 0.224. The van der Waals surface area contributed by atoms with Gasteiger partial charge >= 0.3 is 0 Å². The summed E-state index contributed by atoms with van der Waals surface area (Å²) in [6, 6.07) is 20.7. The van der Waals surface area contributed by atoms with Gasteiger partial charge in [0.1, 0.15) is 0 Å². The van der Waals surface area contributed by atoms with E-state index in [9.17, 15) is 4.79 Å². The molecule has 3 rings (SSSR count). The minimum atomic E-state index is 0.0647. The summed E-state index contributed by atoms with van der Waals surface area (Å²) in [7, 11) is 0. The molecular weight excluding hydrogens is 300 g/mol. The molecule has 2 N–H and O–H groups in total. The second-order valence-electron chi connectivity index (χ2n) is 6.11. The lowest BCUT2D eigenvalue weighted by Gasteiger charge is -2.24. The van der Waals surface area contributed by atoms with Crippen molar-refractivity contribution in [1.82, 2.24) is 10.6 Å². The van der Waals surface area contributed by atoms with Crippen molar-refractivity contribution in [2.45, 2.75) is 18.4 Å². The molecule has 2 aromatic rings. The van der Waals surface area contributed by atoms with Crippen molar-refractivity contribution in [2.24, 2.45) is 0 Å². The second kappa shape index (κ2) is 8.62. The van der Waals surface area contributed by atoms with Crippen LogP contribution in [0.1, 0.15) is 23.5 Å². The smallest absolute Gasteiger partial charge is 0.221 e. The number of benzene rings is 2. The molecule has 1 fully saturated rings. The van der Waals surface area contributed by atoms with E-state index in [0.29, 0.717) is 19.6 Å². The zero-order chi connectivity index (χ0) is 16.6. The van der Waals surface area contributed by atoms with Crippen LogP contribution in [0.4, 0.5) is 0 Å². The van der Waals surface area contributed by atoms with Crippen molar-refractivity contribution in [1.29, 1.82) is 0 Å². The van der Waals surface area contributed by atoms with E-state index in [4.69, 9.17) is 4.74 Å². The van der Waals surface area contributed by atoms with Gasteiger partial charge in [-0.05, 0) is 11.1 Å². The van der Waals surface area contributed by atoms with Crippen LogP contribution in [0.3, 0.4) is 0 Å². The van der Waals surface area contributed by atoms with Crippen LogP contribution in [0.5, 0.6) is 0 Å². The first kappa shape index (κ1) is 16.7. The van der Waals surface area contributed by atoms with Gasteiger partial charge < -0.3 is 15.4 Å². The lowest BCUT2D eigenvalue weighted by molar-refractivity contribution is -0.122. The molecule has 0 aromatic heterocycles. The average Bonchev–Trinajstić information content (AvgIpc) is 2.64. The van der Waals surface area contributed by atoms with Crippen LogP contribution in [0.15, 0.2) is 60.7 Å². The highest BCUT2D eigenvalue weighted by molar-refractivity contribution is 5.76. The lowest BCUT2D eigenvalue weighted by atomic mass is 9.91. The molecule has 0 saturated carbocycles. The molecule has 4 nitrogen and oxygen atoms in total. The van der Waals surface area contributed by atoms with E-state index >= 15 is 0 Å². The van der Waals surface area contributed by atoms with E-state index in [2.05, 4.69) is 34.9 Å². The molecular formula is C20H24N2O2. The third-order valence-electron chi connectivity index (χ3n) is 4.34. The van der Waals surface area contributed by atoms with E-state index in [1.807, 2.05) is 36.4 Å². The first-order chi connectivity index (χ1) is 11.8. The van der Waals surface area contributed by atoms with Gasteiger partial charge in [-0.2, -0.15) is 0 Å². The van der Waals surface area contributed by atoms with Crippen molar-refractivity contribution in [3.05, 3.63) is 71.8 Å². The highest BCUT2D eigenvalue weighted by Crippen LogP contribution is 2.23. The van der Waals surface area contributed by atoms with Crippen LogP contribution < -0.4 is 10.6 Å². The fourth-order valence-electron chi connectivity index (χ4n) is 3.06. The third-order valence-corrected chi connectivity index (χ3v) is 4.34. The number of carbonyl (C=O) groups is 1. The standard InChI is InChI=1S/C20H24N2O2/c23-20(13-18-15-24-12-11-21-18)22-14-19(16-7-3-1-4-8-16)17-9-5-2-6-10-17/h1-10,18-19,21H,11-15H2,(H,22,23)/t18-/m1/s1. The molecule has 0 aliphatic carbocycles. The van der Waals surface area contributed by atoms with E-state index in [1.165, 1.54) is 11.1 Å². The zero-order valence-electron chi connectivity index (χ0n) is 13.8. The molecule has 4 heteroatoms. The van der Waals surface area contributed by atoms with Gasteiger partial charge in [0.15, 0.2) is 0 Å². The van der Waals surface area contributed by atoms with Gasteiger partial charge in [0.05, 0.1) is 13.2 Å². The topological polar surface area (TPSA) is 50.4 Å². The molecule has 0 bridgehead atoms. The minimum absolute atomic E-state index is 0.0647. The van der Waals surface area contributed by atoms with Gasteiger partial charge in [-0.1, -0.05) is 60.7 Å². The predicted octanol–water partition coefficient (Wildman–Crippen LogP) is 2.31. The maximum absolute atomic E-state index is 12.3. The number of amides is 1. The summed E-state index contributed by atoms with van der Waals surface area (Å²) in [5.41, 5.74) is 2.42. The second-order valence-corrected chi connectivity index (χ2v) is 6.11. The Morgan fingerprint density at radius 2 is 1.71 bits per heavy atom. The molecule has 1 aliphatic rings. The molecule has 126 valence electrons. The number of hydrogen-bond acceptors (Lipinski definition) is 3. The summed E-state index contributed by atoms with van der Waals surface area (Å²) >= 11 is 0. The molecule has 1 heterocycles. The Hall–Kier alpha value is -2.17. The Labute approximate surface area is 143 Å². The third kappa shape index (κ3) is 4.66. The molecule has 0 radical (unpaired) electrons. The van der Waals surface area contributed by atoms with Gasteiger partial charge in [-0.3, -0.25) is 4.79 Å². The SMILES string of the molecule is O=C(C[C@@H]1COCCN1)NCC(c1ccccc1)c1ccccc1. The van der Waals surface area contributed by atoms with Crippen LogP contribution in [0.25, 0.3) is 0 Å². The van der Waals surface area contributed by atoms with Gasteiger partial charge in [-0.25, -0.2) is 0 Å². The Kier molecular flexibility index (Phi) is 5.99. The summed E-state index contributed by atoms with van der Waals surface area (Å²) in [5, 5.41) is 6.41. The molecule has 24 heavy (non-hydrogen) atoms. The van der Waals surface area contributed by atoms with Gasteiger partial charge in [-0.15, -0.1) is 0 Å². The zero-order valence-corrected chi connectivity index (χ0v) is 13.8. The Morgan fingerprint density at radius 3 is 2.25 bits per heavy atom. The maximum Gasteiger partial charge on any atom is 0.221 e. The van der Waals surface area contributed by atoms with Crippen molar-refractivity contribution < 1.29 is 9.53 Å². The van der Waals surface area contributed by atoms with Gasteiger partial charge in [0, 0.05) is 31.5 Å². The van der Waals surface area contributed by atoms with E-state index in [1.54, 1.807) is 0 Å². The van der Waals surface area contributed by atoms with Crippen LogP contribution in [0.2, 0.25) is 0 Å². The number of morpholine rings is 1. The highest BCUT2D eigenvalue weighted by atomic mass is 16.5. The molecule has 2 aromatic carbocycles. The van der Waals surface area contributed by atoms with Crippen molar-refractivity contribution in [2.75, 3.05) is 26.3 Å². The molecule has 0 unspecified atom stereocenters. The van der Waals surface area contributed by atoms with Gasteiger partial charge in [0.2, 0.25) is 5.91 Å². The van der Waals surface area contributed by atoms with Crippen molar-refractivity contribution >= 4 is 5.91 Å². The van der Waals surface area contributed by atoms with E-state index in [0.717, 1.165) is 13.2 Å². The summed E-state index contributed by atoms with van der Waals surface area (Å²) in [6.45, 7) is 2.74. The van der Waals surface area contributed by atoms with Crippen LogP contribution in [-0.4, -0.2) is 38.3 Å². The fraction of sp³-hybridized carbons (Fsp3) is 0.350. The fourth-order valence-corrected chi connectivity index (χ4v) is 3.06. The molecule has 1 aliphatic heterocycles. The molecule has 0 spiro atoms. The van der Waals surface area contributed by atoms with E-state index in [-0.39, 0.29) is 17.9 Å². The van der Waals surface area contributed by atoms with Crippen LogP contribution >= 0.6 is 0 Å². The number of carbonyl (C=O) groups excluding carboxylic acids is 1. The largest absolute Gasteiger partial charge is 0.378 e. The number of nitrogens with one attached hydrogen (secondary N) is 2. The molecule has 1 amide bonds. The van der Waals surface area contributed by atoms with Gasteiger partial charge in [0.25, 0.3) is 0 Å². The lowest BCUT2D eigenvalue weighted by Crippen LogP contribution is -2.44. The molecule has 1 saturated heterocycles. The normalized spacial score (nSPS) is 17.6. The highest BCUT2D eigenvalue weighted by Gasteiger charge is 2.19. The average molecular weight is 324 g/mol. The molecule has 1 atom stereocenters. The van der Waals surface area contributed by atoms with Crippen LogP contribution in [-0.2, 0) is 9.53 Å². The maximum atomic E-state index is 12.3. The van der Waals surface area contributed by atoms with E-state index < -0.39 is 0 Å². The quantitative estimate of drug-likeness (QED) is 0.857. The predicted molar refractivity (Wildman–Crippen MR) is 95.0 cm³/mol. The summed E-state index contributed by atoms with van der Waals surface area (Å²) in [4.78, 5) is 12.3. The summed E-state index contributed by atoms with van der Waals surface area (Å²) in [6.07, 6.45) is 0.455. The monoisotopic (exact) mass is 324 g/mol. The Morgan fingerprint density at radius 1 is 1.08 bits per heavy atom.